The maximum atomic E-state index is 12.0. The molecule has 1 heterocycles. The standard InChI is InChI=1S/C11H18ClNO2S2/c1-4-9(5-2)7-13-17(14,15)10-6-8(3)11(12)16-10/h6,9,13H,4-5,7H2,1-3H3. The van der Waals surface area contributed by atoms with Crippen molar-refractivity contribution < 1.29 is 8.42 Å². The lowest BCUT2D eigenvalue weighted by Gasteiger charge is -2.12. The van der Waals surface area contributed by atoms with Gasteiger partial charge in [-0.15, -0.1) is 11.3 Å². The van der Waals surface area contributed by atoms with Crippen molar-refractivity contribution in [1.29, 1.82) is 0 Å². The normalized spacial score (nSPS) is 12.3. The Morgan fingerprint density at radius 2 is 2.00 bits per heavy atom. The second kappa shape index (κ2) is 6.18. The molecule has 0 radical (unpaired) electrons. The van der Waals surface area contributed by atoms with Crippen LogP contribution in [0.2, 0.25) is 4.34 Å². The minimum atomic E-state index is -3.39. The van der Waals surface area contributed by atoms with E-state index in [9.17, 15) is 8.42 Å². The van der Waals surface area contributed by atoms with Crippen molar-refractivity contribution >= 4 is 33.0 Å². The van der Waals surface area contributed by atoms with Crippen LogP contribution in [0.4, 0.5) is 0 Å². The number of rotatable bonds is 6. The van der Waals surface area contributed by atoms with E-state index in [4.69, 9.17) is 11.6 Å². The van der Waals surface area contributed by atoms with Gasteiger partial charge in [-0.2, -0.15) is 0 Å². The molecule has 6 heteroatoms. The number of hydrogen-bond donors (Lipinski definition) is 1. The van der Waals surface area contributed by atoms with Crippen molar-refractivity contribution in [2.75, 3.05) is 6.54 Å². The van der Waals surface area contributed by atoms with Gasteiger partial charge < -0.3 is 0 Å². The molecule has 1 rings (SSSR count). The molecule has 0 amide bonds. The van der Waals surface area contributed by atoms with Crippen molar-refractivity contribution in [2.45, 2.75) is 37.8 Å². The van der Waals surface area contributed by atoms with Crippen LogP contribution < -0.4 is 4.72 Å². The average Bonchev–Trinajstić information content (AvgIpc) is 2.61. The van der Waals surface area contributed by atoms with Gasteiger partial charge in [-0.25, -0.2) is 13.1 Å². The van der Waals surface area contributed by atoms with E-state index in [0.29, 0.717) is 21.0 Å². The van der Waals surface area contributed by atoms with E-state index in [2.05, 4.69) is 18.6 Å². The zero-order valence-electron chi connectivity index (χ0n) is 10.3. The fraction of sp³-hybridized carbons (Fsp3) is 0.636. The first-order valence-corrected chi connectivity index (χ1v) is 8.34. The molecule has 98 valence electrons. The first-order valence-electron chi connectivity index (χ1n) is 5.66. The molecular formula is C11H18ClNO2S2. The molecule has 0 atom stereocenters. The van der Waals surface area contributed by atoms with Gasteiger partial charge in [-0.1, -0.05) is 38.3 Å². The first kappa shape index (κ1) is 15.0. The monoisotopic (exact) mass is 295 g/mol. The van der Waals surface area contributed by atoms with E-state index in [1.54, 1.807) is 13.0 Å². The van der Waals surface area contributed by atoms with Gasteiger partial charge in [0.05, 0.1) is 4.34 Å². The third kappa shape index (κ3) is 3.95. The van der Waals surface area contributed by atoms with Gasteiger partial charge in [0, 0.05) is 6.54 Å². The Kier molecular flexibility index (Phi) is 5.44. The number of nitrogens with one attached hydrogen (secondary N) is 1. The van der Waals surface area contributed by atoms with Crippen molar-refractivity contribution in [2.24, 2.45) is 5.92 Å². The number of halogens is 1. The van der Waals surface area contributed by atoms with Gasteiger partial charge in [0.25, 0.3) is 0 Å². The molecule has 0 aromatic carbocycles. The van der Waals surface area contributed by atoms with Gasteiger partial charge in [0.1, 0.15) is 4.21 Å². The van der Waals surface area contributed by atoms with E-state index >= 15 is 0 Å². The zero-order chi connectivity index (χ0) is 13.1. The van der Waals surface area contributed by atoms with Gasteiger partial charge in [-0.3, -0.25) is 0 Å². The summed E-state index contributed by atoms with van der Waals surface area (Å²) in [7, 11) is -3.39. The number of sulfonamides is 1. The topological polar surface area (TPSA) is 46.2 Å². The van der Waals surface area contributed by atoms with Crippen LogP contribution in [0, 0.1) is 12.8 Å². The summed E-state index contributed by atoms with van der Waals surface area (Å²) in [5, 5.41) is 0. The Morgan fingerprint density at radius 1 is 1.41 bits per heavy atom. The molecule has 1 N–H and O–H groups in total. The fourth-order valence-electron chi connectivity index (χ4n) is 1.44. The van der Waals surface area contributed by atoms with E-state index in [-0.39, 0.29) is 0 Å². The molecule has 0 saturated carbocycles. The van der Waals surface area contributed by atoms with Crippen LogP contribution in [-0.4, -0.2) is 15.0 Å². The molecule has 0 aliphatic heterocycles. The molecule has 3 nitrogen and oxygen atoms in total. The van der Waals surface area contributed by atoms with Crippen LogP contribution >= 0.6 is 22.9 Å². The molecule has 0 aliphatic carbocycles. The number of thiophene rings is 1. The molecule has 1 aromatic rings. The number of aryl methyl sites for hydroxylation is 1. The second-order valence-electron chi connectivity index (χ2n) is 4.06. The molecule has 0 saturated heterocycles. The smallest absolute Gasteiger partial charge is 0.210 e. The third-order valence-electron chi connectivity index (χ3n) is 2.82. The lowest BCUT2D eigenvalue weighted by molar-refractivity contribution is 0.479. The predicted molar refractivity (Wildman–Crippen MR) is 73.3 cm³/mol. The van der Waals surface area contributed by atoms with E-state index in [0.717, 1.165) is 29.7 Å². The Hall–Kier alpha value is -0.100. The van der Waals surface area contributed by atoms with Crippen LogP contribution in [0.5, 0.6) is 0 Å². The molecule has 0 bridgehead atoms. The first-order chi connectivity index (χ1) is 7.90. The highest BCUT2D eigenvalue weighted by Crippen LogP contribution is 2.29. The van der Waals surface area contributed by atoms with E-state index < -0.39 is 10.0 Å². The third-order valence-corrected chi connectivity index (χ3v) is 6.27. The molecule has 0 fully saturated rings. The molecule has 0 aliphatic rings. The molecule has 0 spiro atoms. The highest BCUT2D eigenvalue weighted by atomic mass is 35.5. The maximum absolute atomic E-state index is 12.0. The lowest BCUT2D eigenvalue weighted by Crippen LogP contribution is -2.28. The Bertz CT molecular complexity index is 444. The second-order valence-corrected chi connectivity index (χ2v) is 7.70. The highest BCUT2D eigenvalue weighted by molar-refractivity contribution is 7.91. The van der Waals surface area contributed by atoms with Crippen LogP contribution in [0.1, 0.15) is 32.3 Å². The highest BCUT2D eigenvalue weighted by Gasteiger charge is 2.19. The minimum absolute atomic E-state index is 0.297. The summed E-state index contributed by atoms with van der Waals surface area (Å²) in [6, 6.07) is 1.61. The zero-order valence-corrected chi connectivity index (χ0v) is 12.7. The summed E-state index contributed by atoms with van der Waals surface area (Å²) in [6.45, 7) is 6.42. The summed E-state index contributed by atoms with van der Waals surface area (Å²) in [6.07, 6.45) is 1.95. The van der Waals surface area contributed by atoms with Gasteiger partial charge >= 0.3 is 0 Å². The van der Waals surface area contributed by atoms with Gasteiger partial charge in [0.2, 0.25) is 10.0 Å². The number of hydrogen-bond acceptors (Lipinski definition) is 3. The van der Waals surface area contributed by atoms with Crippen LogP contribution in [0.25, 0.3) is 0 Å². The maximum Gasteiger partial charge on any atom is 0.250 e. The minimum Gasteiger partial charge on any atom is -0.210 e. The van der Waals surface area contributed by atoms with Crippen LogP contribution in [-0.2, 0) is 10.0 Å². The Balaban J connectivity index is 2.75. The van der Waals surface area contributed by atoms with Crippen molar-refractivity contribution in [3.05, 3.63) is 16.0 Å². The molecule has 1 aromatic heterocycles. The predicted octanol–water partition coefficient (Wildman–Crippen LogP) is 3.42. The molecule has 17 heavy (non-hydrogen) atoms. The fourth-order valence-corrected chi connectivity index (χ4v) is 4.31. The summed E-state index contributed by atoms with van der Waals surface area (Å²) < 4.78 is 27.4. The average molecular weight is 296 g/mol. The summed E-state index contributed by atoms with van der Waals surface area (Å²) in [4.78, 5) is 0. The quantitative estimate of drug-likeness (QED) is 0.874. The van der Waals surface area contributed by atoms with E-state index in [1.165, 1.54) is 0 Å². The van der Waals surface area contributed by atoms with Gasteiger partial charge in [0.15, 0.2) is 0 Å². The molecule has 0 unspecified atom stereocenters. The van der Waals surface area contributed by atoms with Gasteiger partial charge in [-0.05, 0) is 24.5 Å². The van der Waals surface area contributed by atoms with E-state index in [1.807, 2.05) is 0 Å². The van der Waals surface area contributed by atoms with Crippen molar-refractivity contribution in [3.63, 3.8) is 0 Å². The van der Waals surface area contributed by atoms with Crippen LogP contribution in [0.15, 0.2) is 10.3 Å². The largest absolute Gasteiger partial charge is 0.250 e. The van der Waals surface area contributed by atoms with Crippen molar-refractivity contribution in [1.82, 2.24) is 4.72 Å². The summed E-state index contributed by atoms with van der Waals surface area (Å²) in [5.41, 5.74) is 0.805. The van der Waals surface area contributed by atoms with Crippen molar-refractivity contribution in [3.8, 4) is 0 Å². The Labute approximate surface area is 112 Å². The Morgan fingerprint density at radius 3 is 2.41 bits per heavy atom. The lowest BCUT2D eigenvalue weighted by atomic mass is 10.0. The SMILES string of the molecule is CCC(CC)CNS(=O)(=O)c1cc(C)c(Cl)s1. The summed E-state index contributed by atoms with van der Waals surface area (Å²) >= 11 is 6.98. The summed E-state index contributed by atoms with van der Waals surface area (Å²) in [5.74, 6) is 0.390. The molecular weight excluding hydrogens is 278 g/mol. The van der Waals surface area contributed by atoms with Crippen LogP contribution in [0.3, 0.4) is 0 Å².